The molecule has 4 aliphatic rings. The molecule has 1 aromatic heterocycles. The fourth-order valence-corrected chi connectivity index (χ4v) is 10.7. The normalized spacial score (nSPS) is 37.2. The van der Waals surface area contributed by atoms with Gasteiger partial charge in [0.15, 0.2) is 12.1 Å². The fourth-order valence-electron chi connectivity index (χ4n) is 10.7. The number of Topliss-reactive ketones (excluding diaryl/α,β-unsaturated/α-hetero) is 3. The zero-order chi connectivity index (χ0) is 52.4. The van der Waals surface area contributed by atoms with Crippen molar-refractivity contribution in [3.63, 3.8) is 0 Å². The van der Waals surface area contributed by atoms with Gasteiger partial charge in [0.1, 0.15) is 30.1 Å². The number of nitrogens with zero attached hydrogens (tertiary/aromatic N) is 4. The van der Waals surface area contributed by atoms with Gasteiger partial charge in [-0.05, 0) is 113 Å². The van der Waals surface area contributed by atoms with Crippen molar-refractivity contribution in [3.05, 3.63) is 53.9 Å². The largest absolute Gasteiger partial charge is 0.460 e. The Kier molecular flexibility index (Phi) is 24.1. The van der Waals surface area contributed by atoms with E-state index in [2.05, 4.69) is 27.5 Å². The van der Waals surface area contributed by atoms with Crippen LogP contribution in [-0.4, -0.2) is 141 Å². The molecule has 15 atom stereocenters. The minimum absolute atomic E-state index is 0.0294. The van der Waals surface area contributed by atoms with E-state index in [-0.39, 0.29) is 54.8 Å². The molecule has 4 heterocycles. The maximum absolute atomic E-state index is 14.4. The molecular formula is C54H85N5O12. The maximum Gasteiger partial charge on any atom is 0.329 e. The number of aromatic nitrogens is 4. The molecule has 2 bridgehead atoms. The number of aromatic amines is 1. The SMILES string of the molecule is CO[C@H]1C[C@@H]2CCC[C@@H](C)[C@@](O)(O2)C(=O)C(=O)N2CCCC[C@H]2C(=O)O[C@H]([C@H](C)C[C@@H]2CC[C@H](C)[C@H](OC)C2)CC(=O)[C@H](C)/C=C(\C)[C@@H](O)[C@@H](OC)C(=O)[C@@H](C)C[C@H](C)/C=C/C=C/C=C1C.c1nn[nH]n1. The highest BCUT2D eigenvalue weighted by Crippen LogP contribution is 2.38. The highest BCUT2D eigenvalue weighted by atomic mass is 16.6. The van der Waals surface area contributed by atoms with Gasteiger partial charge in [-0.25, -0.2) is 4.79 Å². The van der Waals surface area contributed by atoms with Crippen molar-refractivity contribution in [1.29, 1.82) is 0 Å². The number of methoxy groups -OCH3 is 3. The number of hydrogen-bond donors (Lipinski definition) is 3. The molecule has 1 aliphatic carbocycles. The number of allylic oxidation sites excluding steroid dienone is 6. The van der Waals surface area contributed by atoms with Gasteiger partial charge in [0, 0.05) is 58.5 Å². The molecule has 17 heteroatoms. The lowest BCUT2D eigenvalue weighted by Crippen LogP contribution is -2.59. The summed E-state index contributed by atoms with van der Waals surface area (Å²) in [5, 5.41) is 35.8. The summed E-state index contributed by atoms with van der Waals surface area (Å²) in [6.07, 6.45) is 15.7. The molecule has 3 N–H and O–H groups in total. The molecule has 0 spiro atoms. The van der Waals surface area contributed by atoms with Gasteiger partial charge < -0.3 is 38.8 Å². The number of amides is 1. The van der Waals surface area contributed by atoms with Crippen LogP contribution in [0.1, 0.15) is 139 Å². The number of ether oxygens (including phenoxy) is 5. The van der Waals surface area contributed by atoms with Crippen molar-refractivity contribution in [3.8, 4) is 0 Å². The van der Waals surface area contributed by atoms with Gasteiger partial charge >= 0.3 is 5.97 Å². The predicted octanol–water partition coefficient (Wildman–Crippen LogP) is 7.05. The number of aliphatic hydroxyl groups is 2. The molecule has 0 unspecified atom stereocenters. The summed E-state index contributed by atoms with van der Waals surface area (Å²) in [5.74, 6) is -7.09. The molecule has 1 amide bonds. The number of hydrogen-bond acceptors (Lipinski definition) is 15. The molecule has 1 saturated carbocycles. The van der Waals surface area contributed by atoms with E-state index in [4.69, 9.17) is 23.7 Å². The lowest BCUT2D eigenvalue weighted by Gasteiger charge is -2.39. The zero-order valence-electron chi connectivity index (χ0n) is 44.3. The number of cyclic esters (lactones) is 1. The van der Waals surface area contributed by atoms with Gasteiger partial charge in [0.25, 0.3) is 11.7 Å². The maximum atomic E-state index is 14.4. The number of tetrazole rings is 1. The number of esters is 1. The first-order valence-electron chi connectivity index (χ1n) is 25.9. The van der Waals surface area contributed by atoms with E-state index in [0.29, 0.717) is 62.9 Å². The molecule has 5 rings (SSSR count). The van der Waals surface area contributed by atoms with E-state index in [9.17, 15) is 34.2 Å². The van der Waals surface area contributed by atoms with Crippen LogP contribution in [0.3, 0.4) is 0 Å². The zero-order valence-corrected chi connectivity index (χ0v) is 44.3. The topological polar surface area (TPSA) is 230 Å². The Morgan fingerprint density at radius 3 is 2.27 bits per heavy atom. The number of carbonyl (C=O) groups excluding carboxylic acids is 5. The summed E-state index contributed by atoms with van der Waals surface area (Å²) in [4.78, 5) is 72.3. The molecular weight excluding hydrogens is 911 g/mol. The van der Waals surface area contributed by atoms with Crippen LogP contribution in [0, 0.1) is 41.4 Å². The van der Waals surface area contributed by atoms with Crippen molar-refractivity contribution < 1.29 is 57.9 Å². The second-order valence-corrected chi connectivity index (χ2v) is 20.9. The van der Waals surface area contributed by atoms with E-state index >= 15 is 0 Å². The second-order valence-electron chi connectivity index (χ2n) is 20.9. The van der Waals surface area contributed by atoms with Crippen LogP contribution in [0.15, 0.2) is 53.9 Å². The van der Waals surface area contributed by atoms with Crippen LogP contribution in [0.5, 0.6) is 0 Å². The van der Waals surface area contributed by atoms with Crippen LogP contribution in [-0.2, 0) is 47.7 Å². The fraction of sp³-hybridized carbons (Fsp3) is 0.741. The Hall–Kier alpha value is -4.26. The van der Waals surface area contributed by atoms with Crippen molar-refractivity contribution in [2.75, 3.05) is 27.9 Å². The van der Waals surface area contributed by atoms with Crippen LogP contribution >= 0.6 is 0 Å². The third-order valence-corrected chi connectivity index (χ3v) is 15.4. The quantitative estimate of drug-likeness (QED) is 0.147. The van der Waals surface area contributed by atoms with E-state index < -0.39 is 77.8 Å². The third-order valence-electron chi connectivity index (χ3n) is 15.4. The van der Waals surface area contributed by atoms with Crippen molar-refractivity contribution >= 4 is 29.2 Å². The standard InChI is InChI=1S/C53H83NO12.CH2N4/c1-32-18-13-12-14-19-33(2)45(63-10)30-41-21-17-20-39(8)53(61,66-41)50(58)51(59)54-25-16-15-22-42(54)52(60)65-46(36(5)28-40-24-23-34(3)44(29-40)62-9)31-43(55)35(4)27-38(7)48(57)49(64-11)47(56)37(6)26-32;1-2-4-5-3-1/h12-14,18-19,27,32,34-37,39-42,44-46,48-49,57,61H,15-17,20-26,28-31H2,1-11H3;1H,(H,2,3,4,5)/b14-12+,18-13+,33-19?,38-27+;/t32-,34+,35-,36-,37+,39-,40+,41+,42+,44-,45+,46+,48-,49+,53-;/m1./s1. The number of ketones is 3. The van der Waals surface area contributed by atoms with E-state index in [1.807, 2.05) is 58.1 Å². The van der Waals surface area contributed by atoms with Crippen molar-refractivity contribution in [1.82, 2.24) is 25.5 Å². The lowest BCUT2D eigenvalue weighted by atomic mass is 9.76. The first kappa shape index (κ1) is 59.3. The molecule has 71 heavy (non-hydrogen) atoms. The van der Waals surface area contributed by atoms with Gasteiger partial charge in [0.05, 0.1) is 18.3 Å². The Morgan fingerprint density at radius 1 is 0.873 bits per heavy atom. The first-order valence-corrected chi connectivity index (χ1v) is 25.9. The Bertz CT molecular complexity index is 1970. The van der Waals surface area contributed by atoms with Crippen LogP contribution in [0.25, 0.3) is 0 Å². The Balaban J connectivity index is 0.00000205. The molecule has 398 valence electrons. The van der Waals surface area contributed by atoms with E-state index in [1.54, 1.807) is 41.1 Å². The van der Waals surface area contributed by atoms with Crippen LogP contribution in [0.4, 0.5) is 0 Å². The smallest absolute Gasteiger partial charge is 0.329 e. The number of aliphatic hydroxyl groups excluding tert-OH is 1. The summed E-state index contributed by atoms with van der Waals surface area (Å²) in [6.45, 7) is 15.1. The second kappa shape index (κ2) is 28.8. The summed E-state index contributed by atoms with van der Waals surface area (Å²) in [6, 6.07) is -1.11. The molecule has 0 radical (unpaired) electrons. The molecule has 3 aliphatic heterocycles. The van der Waals surface area contributed by atoms with Gasteiger partial charge in [0.2, 0.25) is 5.79 Å². The molecule has 1 aromatic rings. The Morgan fingerprint density at radius 2 is 1.62 bits per heavy atom. The first-order chi connectivity index (χ1) is 33.7. The predicted molar refractivity (Wildman–Crippen MR) is 267 cm³/mol. The Labute approximate surface area is 421 Å². The van der Waals surface area contributed by atoms with Crippen molar-refractivity contribution in [2.24, 2.45) is 41.4 Å². The van der Waals surface area contributed by atoms with Gasteiger partial charge in [-0.15, -0.1) is 10.2 Å². The summed E-state index contributed by atoms with van der Waals surface area (Å²) in [5.41, 5.74) is 1.30. The van der Waals surface area contributed by atoms with Crippen molar-refractivity contribution in [2.45, 2.75) is 187 Å². The summed E-state index contributed by atoms with van der Waals surface area (Å²) >= 11 is 0. The van der Waals surface area contributed by atoms with Gasteiger partial charge in [-0.1, -0.05) is 89.6 Å². The molecule has 3 fully saturated rings. The minimum Gasteiger partial charge on any atom is -0.460 e. The number of rotatable bonds is 6. The minimum atomic E-state index is -2.43. The number of piperidine rings is 1. The monoisotopic (exact) mass is 996 g/mol. The number of H-pyrrole nitrogens is 1. The highest BCUT2D eigenvalue weighted by Gasteiger charge is 2.52. The average molecular weight is 996 g/mol. The number of fused-ring (bicyclic) bond motifs is 3. The summed E-state index contributed by atoms with van der Waals surface area (Å²) in [7, 11) is 4.71. The highest BCUT2D eigenvalue weighted by molar-refractivity contribution is 6.39. The van der Waals surface area contributed by atoms with Crippen LogP contribution in [0.2, 0.25) is 0 Å². The molecule has 2 saturated heterocycles. The van der Waals surface area contributed by atoms with E-state index in [0.717, 1.165) is 24.8 Å². The van der Waals surface area contributed by atoms with Gasteiger partial charge in [-0.3, -0.25) is 19.2 Å². The average Bonchev–Trinajstić information content (AvgIpc) is 3.91. The molecule has 17 nitrogen and oxygen atoms in total. The molecule has 0 aromatic carbocycles. The lowest BCUT2D eigenvalue weighted by molar-refractivity contribution is -0.242. The summed E-state index contributed by atoms with van der Waals surface area (Å²) < 4.78 is 29.9. The van der Waals surface area contributed by atoms with Gasteiger partial charge in [-0.2, -0.15) is 5.21 Å². The van der Waals surface area contributed by atoms with Crippen LogP contribution < -0.4 is 0 Å². The van der Waals surface area contributed by atoms with E-state index in [1.165, 1.54) is 18.3 Å². The number of nitrogens with one attached hydrogen (secondary N) is 1. The third kappa shape index (κ3) is 16.9. The number of carbonyl (C=O) groups is 5.